The van der Waals surface area contributed by atoms with Crippen LogP contribution in [0.2, 0.25) is 0 Å². The molecule has 8 heteroatoms. The van der Waals surface area contributed by atoms with Gasteiger partial charge in [-0.25, -0.2) is 10.2 Å². The molecular weight excluding hydrogens is 338 g/mol. The predicted octanol–water partition coefficient (Wildman–Crippen LogP) is 1.16. The molecule has 134 valence electrons. The third kappa shape index (κ3) is 5.45. The van der Waals surface area contributed by atoms with Crippen molar-refractivity contribution in [1.82, 2.24) is 10.7 Å². The first kappa shape index (κ1) is 18.7. The zero-order valence-electron chi connectivity index (χ0n) is 13.9. The Morgan fingerprint density at radius 3 is 2.27 bits per heavy atom. The van der Waals surface area contributed by atoms with E-state index in [0.717, 1.165) is 5.56 Å². The summed E-state index contributed by atoms with van der Waals surface area (Å²) in [5.41, 5.74) is 3.88. The summed E-state index contributed by atoms with van der Waals surface area (Å²) in [6.07, 6.45) is 1.40. The van der Waals surface area contributed by atoms with Crippen molar-refractivity contribution in [2.75, 3.05) is 7.05 Å². The van der Waals surface area contributed by atoms with Gasteiger partial charge in [0.25, 0.3) is 0 Å². The molecule has 26 heavy (non-hydrogen) atoms. The summed E-state index contributed by atoms with van der Waals surface area (Å²) in [4.78, 5) is 33.0. The number of likely N-dealkylation sites (N-methyl/N-ethyl adjacent to an activating group) is 1. The molecule has 0 saturated carbocycles. The maximum Gasteiger partial charge on any atom is 0.335 e. The number of carboxylic acid groups (broad SMARTS) is 1. The van der Waals surface area contributed by atoms with Crippen molar-refractivity contribution in [3.63, 3.8) is 0 Å². The van der Waals surface area contributed by atoms with E-state index in [1.807, 2.05) is 0 Å². The zero-order valence-corrected chi connectivity index (χ0v) is 13.9. The Morgan fingerprint density at radius 2 is 1.69 bits per heavy atom. The Hall–Kier alpha value is -3.68. The number of hydrazone groups is 1. The van der Waals surface area contributed by atoms with Gasteiger partial charge < -0.3 is 15.2 Å². The van der Waals surface area contributed by atoms with Gasteiger partial charge in [0, 0.05) is 7.05 Å². The van der Waals surface area contributed by atoms with Crippen molar-refractivity contribution >= 4 is 24.0 Å². The van der Waals surface area contributed by atoms with Crippen molar-refractivity contribution in [3.05, 3.63) is 65.2 Å². The fraction of sp³-hybridized carbons (Fsp3) is 0.111. The summed E-state index contributed by atoms with van der Waals surface area (Å²) in [6, 6.07) is 13.4. The molecule has 0 aliphatic heterocycles. The molecule has 8 nitrogen and oxygen atoms in total. The number of amides is 2. The second-order valence-electron chi connectivity index (χ2n) is 5.14. The maximum absolute atomic E-state index is 11.2. The van der Waals surface area contributed by atoms with E-state index in [2.05, 4.69) is 15.8 Å². The van der Waals surface area contributed by atoms with Crippen LogP contribution in [0.4, 0.5) is 0 Å². The Morgan fingerprint density at radius 1 is 1.04 bits per heavy atom. The number of hydrogen-bond acceptors (Lipinski definition) is 5. The number of nitrogens with one attached hydrogen (secondary N) is 2. The highest BCUT2D eigenvalue weighted by atomic mass is 16.5. The van der Waals surface area contributed by atoms with E-state index in [9.17, 15) is 14.4 Å². The van der Waals surface area contributed by atoms with Gasteiger partial charge in [-0.05, 0) is 47.5 Å². The summed E-state index contributed by atoms with van der Waals surface area (Å²) >= 11 is 0. The molecule has 0 atom stereocenters. The lowest BCUT2D eigenvalue weighted by Gasteiger charge is -2.07. The van der Waals surface area contributed by atoms with Gasteiger partial charge in [-0.3, -0.25) is 9.59 Å². The van der Waals surface area contributed by atoms with Crippen molar-refractivity contribution in [2.24, 2.45) is 5.10 Å². The highest BCUT2D eigenvalue weighted by molar-refractivity contribution is 6.34. The molecule has 0 aliphatic rings. The number of hydrogen-bond donors (Lipinski definition) is 3. The SMILES string of the molecule is CNC(=O)C(=O)N/N=C\c1ccc(OCc2ccc(C(=O)O)cc2)cc1. The van der Waals surface area contributed by atoms with E-state index < -0.39 is 17.8 Å². The van der Waals surface area contributed by atoms with Crippen molar-refractivity contribution < 1.29 is 24.2 Å². The average Bonchev–Trinajstić information content (AvgIpc) is 2.66. The van der Waals surface area contributed by atoms with Gasteiger partial charge >= 0.3 is 17.8 Å². The normalized spacial score (nSPS) is 10.3. The molecule has 3 N–H and O–H groups in total. The predicted molar refractivity (Wildman–Crippen MR) is 94.0 cm³/mol. The summed E-state index contributed by atoms with van der Waals surface area (Å²) in [7, 11) is 1.35. The Balaban J connectivity index is 1.86. The summed E-state index contributed by atoms with van der Waals surface area (Å²) in [6.45, 7) is 0.301. The first-order valence-electron chi connectivity index (χ1n) is 7.60. The first-order chi connectivity index (χ1) is 12.5. The lowest BCUT2D eigenvalue weighted by molar-refractivity contribution is -0.138. The van der Waals surface area contributed by atoms with Crippen LogP contribution >= 0.6 is 0 Å². The number of ether oxygens (including phenoxy) is 1. The Bertz CT molecular complexity index is 814. The zero-order chi connectivity index (χ0) is 18.9. The van der Waals surface area contributed by atoms with Gasteiger partial charge in [0.05, 0.1) is 11.8 Å². The minimum absolute atomic E-state index is 0.223. The van der Waals surface area contributed by atoms with Crippen LogP contribution in [0.3, 0.4) is 0 Å². The number of rotatable bonds is 6. The second kappa shape index (κ2) is 8.97. The fourth-order valence-corrected chi connectivity index (χ4v) is 1.89. The molecule has 2 aromatic rings. The van der Waals surface area contributed by atoms with Gasteiger partial charge in [0.15, 0.2) is 0 Å². The number of carboxylic acids is 1. The van der Waals surface area contributed by atoms with Gasteiger partial charge in [0.2, 0.25) is 0 Å². The molecule has 0 radical (unpaired) electrons. The summed E-state index contributed by atoms with van der Waals surface area (Å²) < 4.78 is 5.62. The number of benzene rings is 2. The second-order valence-corrected chi connectivity index (χ2v) is 5.14. The number of carbonyl (C=O) groups is 3. The molecule has 2 rings (SSSR count). The van der Waals surface area contributed by atoms with Crippen molar-refractivity contribution in [2.45, 2.75) is 6.61 Å². The molecule has 0 fully saturated rings. The Labute approximate surface area is 149 Å². The molecule has 0 heterocycles. The number of aromatic carboxylic acids is 1. The van der Waals surface area contributed by atoms with Crippen LogP contribution < -0.4 is 15.5 Å². The molecular formula is C18H17N3O5. The largest absolute Gasteiger partial charge is 0.489 e. The molecule has 2 amide bonds. The van der Waals surface area contributed by atoms with Gasteiger partial charge in [0.1, 0.15) is 12.4 Å². The van der Waals surface area contributed by atoms with Crippen molar-refractivity contribution in [1.29, 1.82) is 0 Å². The van der Waals surface area contributed by atoms with E-state index in [-0.39, 0.29) is 5.56 Å². The molecule has 0 spiro atoms. The lowest BCUT2D eigenvalue weighted by atomic mass is 10.1. The van der Waals surface area contributed by atoms with E-state index in [4.69, 9.17) is 9.84 Å². The monoisotopic (exact) mass is 355 g/mol. The van der Waals surface area contributed by atoms with E-state index >= 15 is 0 Å². The van der Waals surface area contributed by atoms with Crippen LogP contribution in [0.25, 0.3) is 0 Å². The van der Waals surface area contributed by atoms with Gasteiger partial charge in [-0.15, -0.1) is 0 Å². The Kier molecular flexibility index (Phi) is 6.44. The summed E-state index contributed by atoms with van der Waals surface area (Å²) in [5.74, 6) is -1.97. The van der Waals surface area contributed by atoms with Crippen molar-refractivity contribution in [3.8, 4) is 5.75 Å². The molecule has 0 bridgehead atoms. The van der Waals surface area contributed by atoms with Crippen LogP contribution in [0.15, 0.2) is 53.6 Å². The number of carbonyl (C=O) groups excluding carboxylic acids is 2. The summed E-state index contributed by atoms with van der Waals surface area (Å²) in [5, 5.41) is 14.7. The van der Waals surface area contributed by atoms with Crippen LogP contribution in [0.1, 0.15) is 21.5 Å². The van der Waals surface area contributed by atoms with Gasteiger partial charge in [-0.2, -0.15) is 5.10 Å². The highest BCUT2D eigenvalue weighted by Crippen LogP contribution is 2.14. The van der Waals surface area contributed by atoms with E-state index in [1.165, 1.54) is 25.4 Å². The van der Waals surface area contributed by atoms with E-state index in [0.29, 0.717) is 17.9 Å². The third-order valence-corrected chi connectivity index (χ3v) is 3.30. The first-order valence-corrected chi connectivity index (χ1v) is 7.60. The van der Waals surface area contributed by atoms with Crippen LogP contribution in [0, 0.1) is 0 Å². The molecule has 0 aliphatic carbocycles. The molecule has 0 aromatic heterocycles. The number of nitrogens with zero attached hydrogens (tertiary/aromatic N) is 1. The lowest BCUT2D eigenvalue weighted by Crippen LogP contribution is -2.35. The quantitative estimate of drug-likeness (QED) is 0.408. The standard InChI is InChI=1S/C18H17N3O5/c1-19-16(22)17(23)21-20-10-12-4-8-15(9-5-12)26-11-13-2-6-14(7-3-13)18(24)25/h2-10H,11H2,1H3,(H,19,22)(H,21,23)(H,24,25)/b20-10-. The van der Waals surface area contributed by atoms with Crippen LogP contribution in [-0.4, -0.2) is 36.2 Å². The minimum atomic E-state index is -0.971. The van der Waals surface area contributed by atoms with Crippen LogP contribution in [0.5, 0.6) is 5.75 Å². The maximum atomic E-state index is 11.2. The van der Waals surface area contributed by atoms with E-state index in [1.54, 1.807) is 36.4 Å². The molecule has 2 aromatic carbocycles. The van der Waals surface area contributed by atoms with Crippen LogP contribution in [-0.2, 0) is 16.2 Å². The third-order valence-electron chi connectivity index (χ3n) is 3.30. The minimum Gasteiger partial charge on any atom is -0.489 e. The highest BCUT2D eigenvalue weighted by Gasteiger charge is 2.08. The average molecular weight is 355 g/mol. The smallest absolute Gasteiger partial charge is 0.335 e. The molecule has 0 unspecified atom stereocenters. The van der Waals surface area contributed by atoms with Gasteiger partial charge in [-0.1, -0.05) is 12.1 Å². The fourth-order valence-electron chi connectivity index (χ4n) is 1.89. The topological polar surface area (TPSA) is 117 Å². The molecule has 0 saturated heterocycles.